The summed E-state index contributed by atoms with van der Waals surface area (Å²) in [5.41, 5.74) is 1.02. The molecule has 1 heterocycles. The van der Waals surface area contributed by atoms with Gasteiger partial charge in [-0.3, -0.25) is 0 Å². The zero-order chi connectivity index (χ0) is 6.85. The molecule has 0 unspecified atom stereocenters. The standard InChI is InChI=1S/C5H5BrClNS/c1-3-5(6)4(2-7)9-8-3/h2H2,1H3. The smallest absolute Gasteiger partial charge is 0.0656 e. The molecule has 0 fully saturated rings. The molecule has 4 heteroatoms. The molecule has 0 aromatic carbocycles. The third-order valence-corrected chi connectivity index (χ3v) is 3.65. The Kier molecular flexibility index (Phi) is 2.50. The predicted octanol–water partition coefficient (Wildman–Crippen LogP) is 2.95. The van der Waals surface area contributed by atoms with Crippen LogP contribution in [0.25, 0.3) is 0 Å². The zero-order valence-corrected chi connectivity index (χ0v) is 7.98. The Morgan fingerprint density at radius 1 is 1.78 bits per heavy atom. The predicted molar refractivity (Wildman–Crippen MR) is 44.1 cm³/mol. The highest BCUT2D eigenvalue weighted by molar-refractivity contribution is 9.10. The summed E-state index contributed by atoms with van der Waals surface area (Å²) >= 11 is 10.4. The van der Waals surface area contributed by atoms with E-state index in [2.05, 4.69) is 20.3 Å². The van der Waals surface area contributed by atoms with Crippen LogP contribution in [-0.2, 0) is 5.88 Å². The lowest BCUT2D eigenvalue weighted by Crippen LogP contribution is -1.70. The molecular weight excluding hydrogens is 221 g/mol. The summed E-state index contributed by atoms with van der Waals surface area (Å²) in [6.07, 6.45) is 0. The molecule has 0 atom stereocenters. The topological polar surface area (TPSA) is 12.9 Å². The van der Waals surface area contributed by atoms with Crippen LogP contribution in [0.1, 0.15) is 10.6 Å². The van der Waals surface area contributed by atoms with Gasteiger partial charge in [-0.2, -0.15) is 4.37 Å². The number of nitrogens with zero attached hydrogens (tertiary/aromatic N) is 1. The van der Waals surface area contributed by atoms with Crippen LogP contribution in [0, 0.1) is 6.92 Å². The van der Waals surface area contributed by atoms with E-state index in [0.29, 0.717) is 5.88 Å². The molecule has 9 heavy (non-hydrogen) atoms. The molecule has 0 aliphatic carbocycles. The highest BCUT2D eigenvalue weighted by Crippen LogP contribution is 2.25. The number of alkyl halides is 1. The highest BCUT2D eigenvalue weighted by Gasteiger charge is 2.04. The molecule has 0 saturated carbocycles. The van der Waals surface area contributed by atoms with Crippen molar-refractivity contribution in [1.82, 2.24) is 4.37 Å². The van der Waals surface area contributed by atoms with Gasteiger partial charge in [0.15, 0.2) is 0 Å². The van der Waals surface area contributed by atoms with E-state index in [1.165, 1.54) is 11.5 Å². The van der Waals surface area contributed by atoms with Crippen molar-refractivity contribution in [2.45, 2.75) is 12.8 Å². The van der Waals surface area contributed by atoms with E-state index in [4.69, 9.17) is 11.6 Å². The van der Waals surface area contributed by atoms with Crippen molar-refractivity contribution in [3.05, 3.63) is 15.0 Å². The highest BCUT2D eigenvalue weighted by atomic mass is 79.9. The van der Waals surface area contributed by atoms with Gasteiger partial charge in [0, 0.05) is 0 Å². The van der Waals surface area contributed by atoms with Crippen molar-refractivity contribution >= 4 is 39.1 Å². The molecular formula is C5H5BrClNS. The Morgan fingerprint density at radius 3 is 2.67 bits per heavy atom. The van der Waals surface area contributed by atoms with Gasteiger partial charge >= 0.3 is 0 Å². The Balaban J connectivity index is 3.04. The van der Waals surface area contributed by atoms with Crippen molar-refractivity contribution in [2.24, 2.45) is 0 Å². The molecule has 0 aliphatic heterocycles. The van der Waals surface area contributed by atoms with Crippen LogP contribution in [0.5, 0.6) is 0 Å². The normalized spacial score (nSPS) is 10.1. The van der Waals surface area contributed by atoms with Crippen LogP contribution in [0.2, 0.25) is 0 Å². The monoisotopic (exact) mass is 225 g/mol. The van der Waals surface area contributed by atoms with E-state index in [-0.39, 0.29) is 0 Å². The molecule has 0 saturated heterocycles. The minimum absolute atomic E-state index is 0.548. The lowest BCUT2D eigenvalue weighted by Gasteiger charge is -1.85. The quantitative estimate of drug-likeness (QED) is 0.671. The number of halogens is 2. The molecule has 1 rings (SSSR count). The minimum atomic E-state index is 0.548. The molecule has 1 aromatic heterocycles. The van der Waals surface area contributed by atoms with Crippen LogP contribution in [0.3, 0.4) is 0 Å². The molecule has 1 aromatic rings. The van der Waals surface area contributed by atoms with Gasteiger partial charge in [0.25, 0.3) is 0 Å². The zero-order valence-electron chi connectivity index (χ0n) is 4.82. The third-order valence-electron chi connectivity index (χ3n) is 0.977. The maximum atomic E-state index is 5.59. The summed E-state index contributed by atoms with van der Waals surface area (Å²) in [5, 5.41) is 0. The molecule has 1 nitrogen and oxygen atoms in total. The van der Waals surface area contributed by atoms with Crippen LogP contribution < -0.4 is 0 Å². The average Bonchev–Trinajstić information content (AvgIpc) is 2.15. The molecule has 0 spiro atoms. The summed E-state index contributed by atoms with van der Waals surface area (Å²) in [6.45, 7) is 1.95. The third kappa shape index (κ3) is 1.45. The van der Waals surface area contributed by atoms with E-state index in [0.717, 1.165) is 15.0 Å². The molecule has 0 radical (unpaired) electrons. The fourth-order valence-corrected chi connectivity index (χ4v) is 2.11. The Hall–Kier alpha value is 0.400. The second-order valence-corrected chi connectivity index (χ2v) is 3.56. The minimum Gasteiger partial charge on any atom is -0.196 e. The van der Waals surface area contributed by atoms with Crippen LogP contribution in [0.4, 0.5) is 0 Å². The lowest BCUT2D eigenvalue weighted by molar-refractivity contribution is 1.31. The van der Waals surface area contributed by atoms with Crippen molar-refractivity contribution in [1.29, 1.82) is 0 Å². The van der Waals surface area contributed by atoms with Crippen molar-refractivity contribution < 1.29 is 0 Å². The number of rotatable bonds is 1. The summed E-state index contributed by atoms with van der Waals surface area (Å²) in [5.74, 6) is 0.548. The van der Waals surface area contributed by atoms with Crippen molar-refractivity contribution in [3.63, 3.8) is 0 Å². The van der Waals surface area contributed by atoms with Crippen LogP contribution >= 0.6 is 39.1 Å². The summed E-state index contributed by atoms with van der Waals surface area (Å²) in [4.78, 5) is 1.11. The second kappa shape index (κ2) is 2.99. The maximum absolute atomic E-state index is 5.59. The van der Waals surface area contributed by atoms with E-state index >= 15 is 0 Å². The van der Waals surface area contributed by atoms with Gasteiger partial charge in [-0.05, 0) is 34.4 Å². The van der Waals surface area contributed by atoms with Crippen molar-refractivity contribution in [2.75, 3.05) is 0 Å². The summed E-state index contributed by atoms with van der Waals surface area (Å²) in [7, 11) is 0. The molecule has 0 amide bonds. The summed E-state index contributed by atoms with van der Waals surface area (Å²) < 4.78 is 5.16. The number of aryl methyl sites for hydroxylation is 1. The van der Waals surface area contributed by atoms with E-state index in [1.807, 2.05) is 6.92 Å². The first-order valence-electron chi connectivity index (χ1n) is 2.42. The Morgan fingerprint density at radius 2 is 2.44 bits per heavy atom. The van der Waals surface area contributed by atoms with Crippen LogP contribution in [0.15, 0.2) is 4.47 Å². The van der Waals surface area contributed by atoms with Crippen molar-refractivity contribution in [3.8, 4) is 0 Å². The molecule has 50 valence electrons. The maximum Gasteiger partial charge on any atom is 0.0656 e. The first-order chi connectivity index (χ1) is 4.25. The number of hydrogen-bond acceptors (Lipinski definition) is 2. The van der Waals surface area contributed by atoms with Gasteiger partial charge in [0.05, 0.1) is 20.9 Å². The number of hydrogen-bond donors (Lipinski definition) is 0. The van der Waals surface area contributed by atoms with Gasteiger partial charge in [-0.1, -0.05) is 0 Å². The van der Waals surface area contributed by atoms with E-state index in [9.17, 15) is 0 Å². The fraction of sp³-hybridized carbons (Fsp3) is 0.400. The van der Waals surface area contributed by atoms with Gasteiger partial charge < -0.3 is 0 Å². The largest absolute Gasteiger partial charge is 0.196 e. The molecule has 0 bridgehead atoms. The van der Waals surface area contributed by atoms with E-state index in [1.54, 1.807) is 0 Å². The molecule has 0 aliphatic rings. The average molecular weight is 227 g/mol. The Bertz CT molecular complexity index is 211. The van der Waals surface area contributed by atoms with Crippen LogP contribution in [-0.4, -0.2) is 4.37 Å². The Labute approximate surface area is 71.3 Å². The van der Waals surface area contributed by atoms with E-state index < -0.39 is 0 Å². The van der Waals surface area contributed by atoms with Gasteiger partial charge in [0.1, 0.15) is 0 Å². The molecule has 0 N–H and O–H groups in total. The van der Waals surface area contributed by atoms with Gasteiger partial charge in [-0.25, -0.2) is 0 Å². The first kappa shape index (κ1) is 7.51. The lowest BCUT2D eigenvalue weighted by atomic mass is 10.4. The van der Waals surface area contributed by atoms with Gasteiger partial charge in [-0.15, -0.1) is 11.6 Å². The fourth-order valence-electron chi connectivity index (χ4n) is 0.489. The SMILES string of the molecule is Cc1nsc(CCl)c1Br. The van der Waals surface area contributed by atoms with Gasteiger partial charge in [0.2, 0.25) is 0 Å². The summed E-state index contributed by atoms with van der Waals surface area (Å²) in [6, 6.07) is 0. The first-order valence-corrected chi connectivity index (χ1v) is 4.52. The second-order valence-electron chi connectivity index (χ2n) is 1.64. The number of aromatic nitrogens is 1.